The van der Waals surface area contributed by atoms with E-state index in [0.717, 1.165) is 12.4 Å². The Morgan fingerprint density at radius 3 is 2.41 bits per heavy atom. The highest BCUT2D eigenvalue weighted by atomic mass is 16.6. The minimum Gasteiger partial charge on any atom is -0.493 e. The van der Waals surface area contributed by atoms with Crippen LogP contribution in [0.25, 0.3) is 0 Å². The second-order valence-electron chi connectivity index (χ2n) is 4.57. The molecule has 0 saturated heterocycles. The SMILES string of the molecule is O=[N+]([O-])c1ccc(OCC2CCCCC2)cc1. The lowest BCUT2D eigenvalue weighted by atomic mass is 9.90. The Kier molecular flexibility index (Phi) is 3.96. The van der Waals surface area contributed by atoms with Crippen molar-refractivity contribution in [2.45, 2.75) is 32.1 Å². The van der Waals surface area contributed by atoms with Crippen molar-refractivity contribution >= 4 is 5.69 Å². The van der Waals surface area contributed by atoms with Gasteiger partial charge < -0.3 is 4.74 Å². The number of nitrogens with zero attached hydrogens (tertiary/aromatic N) is 1. The van der Waals surface area contributed by atoms with Gasteiger partial charge in [0.15, 0.2) is 0 Å². The minimum absolute atomic E-state index is 0.106. The molecule has 1 saturated carbocycles. The molecule has 92 valence electrons. The predicted molar refractivity (Wildman–Crippen MR) is 65.2 cm³/mol. The van der Waals surface area contributed by atoms with Gasteiger partial charge in [-0.1, -0.05) is 19.3 Å². The maximum absolute atomic E-state index is 10.5. The Morgan fingerprint density at radius 2 is 1.82 bits per heavy atom. The molecule has 1 aromatic rings. The molecule has 2 rings (SSSR count). The van der Waals surface area contributed by atoms with E-state index in [2.05, 4.69) is 0 Å². The van der Waals surface area contributed by atoms with E-state index in [9.17, 15) is 10.1 Å². The first-order valence-electron chi connectivity index (χ1n) is 6.13. The summed E-state index contributed by atoms with van der Waals surface area (Å²) in [5.74, 6) is 1.38. The summed E-state index contributed by atoms with van der Waals surface area (Å²) in [5.41, 5.74) is 0.106. The molecule has 0 atom stereocenters. The Bertz CT molecular complexity index is 369. The van der Waals surface area contributed by atoms with Gasteiger partial charge in [0.2, 0.25) is 0 Å². The largest absolute Gasteiger partial charge is 0.493 e. The van der Waals surface area contributed by atoms with Crippen LogP contribution in [0.5, 0.6) is 5.75 Å². The Labute approximate surface area is 101 Å². The zero-order valence-corrected chi connectivity index (χ0v) is 9.80. The van der Waals surface area contributed by atoms with E-state index in [-0.39, 0.29) is 5.69 Å². The monoisotopic (exact) mass is 235 g/mol. The highest BCUT2D eigenvalue weighted by molar-refractivity contribution is 5.35. The molecule has 1 aliphatic rings. The van der Waals surface area contributed by atoms with E-state index in [4.69, 9.17) is 4.74 Å². The fourth-order valence-electron chi connectivity index (χ4n) is 2.23. The summed E-state index contributed by atoms with van der Waals surface area (Å²) >= 11 is 0. The summed E-state index contributed by atoms with van der Waals surface area (Å²) in [5, 5.41) is 10.5. The number of hydrogen-bond donors (Lipinski definition) is 0. The number of hydrogen-bond acceptors (Lipinski definition) is 3. The third-order valence-electron chi connectivity index (χ3n) is 3.26. The lowest BCUT2D eigenvalue weighted by Crippen LogP contribution is -2.15. The van der Waals surface area contributed by atoms with Crippen LogP contribution in [0.4, 0.5) is 5.69 Å². The molecule has 1 fully saturated rings. The number of nitro groups is 1. The van der Waals surface area contributed by atoms with Crippen molar-refractivity contribution in [3.05, 3.63) is 34.4 Å². The van der Waals surface area contributed by atoms with Gasteiger partial charge in [-0.05, 0) is 30.9 Å². The fraction of sp³-hybridized carbons (Fsp3) is 0.538. The number of rotatable bonds is 4. The van der Waals surface area contributed by atoms with E-state index < -0.39 is 4.92 Å². The lowest BCUT2D eigenvalue weighted by Gasteiger charge is -2.21. The molecule has 0 amide bonds. The molecule has 0 aliphatic heterocycles. The van der Waals surface area contributed by atoms with Crippen molar-refractivity contribution in [3.63, 3.8) is 0 Å². The second-order valence-corrected chi connectivity index (χ2v) is 4.57. The van der Waals surface area contributed by atoms with Crippen LogP contribution in [0.15, 0.2) is 24.3 Å². The molecule has 0 radical (unpaired) electrons. The van der Waals surface area contributed by atoms with Gasteiger partial charge in [-0.15, -0.1) is 0 Å². The summed E-state index contributed by atoms with van der Waals surface area (Å²) in [6, 6.07) is 6.30. The van der Waals surface area contributed by atoms with Crippen LogP contribution in [-0.4, -0.2) is 11.5 Å². The summed E-state index contributed by atoms with van der Waals surface area (Å²) in [4.78, 5) is 10.1. The van der Waals surface area contributed by atoms with Crippen LogP contribution < -0.4 is 4.74 Å². The van der Waals surface area contributed by atoms with E-state index in [0.29, 0.717) is 5.92 Å². The summed E-state index contributed by atoms with van der Waals surface area (Å²) in [7, 11) is 0. The molecule has 1 aliphatic carbocycles. The number of ether oxygens (including phenoxy) is 1. The average molecular weight is 235 g/mol. The zero-order valence-electron chi connectivity index (χ0n) is 9.80. The van der Waals surface area contributed by atoms with E-state index in [1.807, 2.05) is 0 Å². The number of benzene rings is 1. The minimum atomic E-state index is -0.398. The topological polar surface area (TPSA) is 52.4 Å². The van der Waals surface area contributed by atoms with Crippen LogP contribution in [0.3, 0.4) is 0 Å². The molecular weight excluding hydrogens is 218 g/mol. The molecule has 0 aromatic heterocycles. The molecule has 17 heavy (non-hydrogen) atoms. The second kappa shape index (κ2) is 5.66. The maximum atomic E-state index is 10.5. The summed E-state index contributed by atoms with van der Waals surface area (Å²) < 4.78 is 5.66. The van der Waals surface area contributed by atoms with Gasteiger partial charge in [0.25, 0.3) is 5.69 Å². The van der Waals surface area contributed by atoms with Gasteiger partial charge >= 0.3 is 0 Å². The number of nitro benzene ring substituents is 1. The van der Waals surface area contributed by atoms with Crippen molar-refractivity contribution in [3.8, 4) is 5.75 Å². The Balaban J connectivity index is 1.84. The predicted octanol–water partition coefficient (Wildman–Crippen LogP) is 3.55. The molecule has 0 heterocycles. The molecule has 0 unspecified atom stereocenters. The van der Waals surface area contributed by atoms with Gasteiger partial charge in [0.1, 0.15) is 5.75 Å². The van der Waals surface area contributed by atoms with Crippen LogP contribution in [0.1, 0.15) is 32.1 Å². The van der Waals surface area contributed by atoms with Crippen LogP contribution in [-0.2, 0) is 0 Å². The van der Waals surface area contributed by atoms with Gasteiger partial charge in [-0.25, -0.2) is 0 Å². The number of non-ortho nitro benzene ring substituents is 1. The maximum Gasteiger partial charge on any atom is 0.269 e. The molecule has 0 bridgehead atoms. The zero-order chi connectivity index (χ0) is 12.1. The standard InChI is InChI=1S/C13H17NO3/c15-14(16)12-6-8-13(9-7-12)17-10-11-4-2-1-3-5-11/h6-9,11H,1-5,10H2. The van der Waals surface area contributed by atoms with Crippen molar-refractivity contribution in [1.82, 2.24) is 0 Å². The van der Waals surface area contributed by atoms with Crippen molar-refractivity contribution in [2.24, 2.45) is 5.92 Å². The molecule has 1 aromatic carbocycles. The van der Waals surface area contributed by atoms with Crippen molar-refractivity contribution in [2.75, 3.05) is 6.61 Å². The van der Waals surface area contributed by atoms with Crippen LogP contribution >= 0.6 is 0 Å². The highest BCUT2D eigenvalue weighted by Crippen LogP contribution is 2.25. The molecule has 4 nitrogen and oxygen atoms in total. The molecule has 0 N–H and O–H groups in total. The third-order valence-corrected chi connectivity index (χ3v) is 3.26. The van der Waals surface area contributed by atoms with Crippen molar-refractivity contribution in [1.29, 1.82) is 0 Å². The van der Waals surface area contributed by atoms with Gasteiger partial charge in [-0.3, -0.25) is 10.1 Å². The molecular formula is C13H17NO3. The third kappa shape index (κ3) is 3.44. The summed E-state index contributed by atoms with van der Waals surface area (Å²) in [6.45, 7) is 0.734. The van der Waals surface area contributed by atoms with Crippen LogP contribution in [0.2, 0.25) is 0 Å². The first-order valence-corrected chi connectivity index (χ1v) is 6.13. The van der Waals surface area contributed by atoms with Gasteiger partial charge in [-0.2, -0.15) is 0 Å². The smallest absolute Gasteiger partial charge is 0.269 e. The lowest BCUT2D eigenvalue weighted by molar-refractivity contribution is -0.384. The first kappa shape index (κ1) is 11.9. The molecule has 0 spiro atoms. The first-order chi connectivity index (χ1) is 8.25. The molecule has 4 heteroatoms. The summed E-state index contributed by atoms with van der Waals surface area (Å²) in [6.07, 6.45) is 6.43. The van der Waals surface area contributed by atoms with E-state index in [1.54, 1.807) is 12.1 Å². The van der Waals surface area contributed by atoms with E-state index in [1.165, 1.54) is 44.2 Å². The quantitative estimate of drug-likeness (QED) is 0.592. The van der Waals surface area contributed by atoms with Crippen LogP contribution in [0, 0.1) is 16.0 Å². The fourth-order valence-corrected chi connectivity index (χ4v) is 2.23. The Hall–Kier alpha value is -1.58. The Morgan fingerprint density at radius 1 is 1.18 bits per heavy atom. The normalized spacial score (nSPS) is 16.7. The van der Waals surface area contributed by atoms with Gasteiger partial charge in [0.05, 0.1) is 11.5 Å². The van der Waals surface area contributed by atoms with E-state index >= 15 is 0 Å². The average Bonchev–Trinajstić information content (AvgIpc) is 2.38. The van der Waals surface area contributed by atoms with Crippen molar-refractivity contribution < 1.29 is 9.66 Å². The highest BCUT2D eigenvalue weighted by Gasteiger charge is 2.14. The van der Waals surface area contributed by atoms with Gasteiger partial charge in [0, 0.05) is 12.1 Å².